The maximum atomic E-state index is 11.8. The molecule has 0 aliphatic rings. The van der Waals surface area contributed by atoms with Gasteiger partial charge in [0.1, 0.15) is 5.75 Å². The number of carbonyl (C=O) groups is 1. The van der Waals surface area contributed by atoms with Crippen LogP contribution in [0.2, 0.25) is 0 Å². The largest absolute Gasteiger partial charge is 0.494 e. The van der Waals surface area contributed by atoms with Gasteiger partial charge < -0.3 is 10.1 Å². The minimum Gasteiger partial charge on any atom is -0.494 e. The fourth-order valence-electron chi connectivity index (χ4n) is 1.82. The van der Waals surface area contributed by atoms with Crippen molar-refractivity contribution in [2.24, 2.45) is 0 Å². The molecule has 0 radical (unpaired) electrons. The number of ether oxygens (including phenoxy) is 1. The Labute approximate surface area is 125 Å². The third-order valence-corrected chi connectivity index (χ3v) is 3.03. The fraction of sp³-hybridized carbons (Fsp3) is 0.294. The third-order valence-electron chi connectivity index (χ3n) is 3.03. The topological polar surface area (TPSA) is 51.2 Å². The molecule has 0 aliphatic heterocycles. The van der Waals surface area contributed by atoms with Crippen LogP contribution in [0, 0.1) is 13.8 Å². The summed E-state index contributed by atoms with van der Waals surface area (Å²) >= 11 is 0. The van der Waals surface area contributed by atoms with E-state index in [4.69, 9.17) is 4.74 Å². The van der Waals surface area contributed by atoms with Crippen LogP contribution in [0.5, 0.6) is 5.75 Å². The summed E-state index contributed by atoms with van der Waals surface area (Å²) in [7, 11) is 0. The molecular formula is C17H20N2O2. The summed E-state index contributed by atoms with van der Waals surface area (Å²) < 4.78 is 5.58. The number of carbonyl (C=O) groups excluding carboxylic acids is 1. The van der Waals surface area contributed by atoms with Crippen molar-refractivity contribution in [3.8, 4) is 5.75 Å². The molecule has 1 aromatic heterocycles. The van der Waals surface area contributed by atoms with Gasteiger partial charge in [-0.2, -0.15) is 0 Å². The highest BCUT2D eigenvalue weighted by molar-refractivity contribution is 5.90. The number of hydrogen-bond donors (Lipinski definition) is 1. The van der Waals surface area contributed by atoms with Gasteiger partial charge in [0.05, 0.1) is 18.5 Å². The average Bonchev–Trinajstić information content (AvgIpc) is 2.48. The van der Waals surface area contributed by atoms with Crippen molar-refractivity contribution in [2.45, 2.75) is 26.7 Å². The molecule has 1 N–H and O–H groups in total. The normalized spacial score (nSPS) is 10.2. The quantitative estimate of drug-likeness (QED) is 0.826. The third kappa shape index (κ3) is 5.26. The van der Waals surface area contributed by atoms with E-state index in [0.717, 1.165) is 17.1 Å². The zero-order chi connectivity index (χ0) is 15.1. The molecule has 1 aromatic carbocycles. The van der Waals surface area contributed by atoms with E-state index in [2.05, 4.69) is 10.3 Å². The molecule has 0 aliphatic carbocycles. The van der Waals surface area contributed by atoms with Gasteiger partial charge in [-0.05, 0) is 44.5 Å². The number of anilines is 1. The minimum absolute atomic E-state index is 0.0202. The summed E-state index contributed by atoms with van der Waals surface area (Å²) in [6.07, 6.45) is 2.77. The van der Waals surface area contributed by atoms with Crippen LogP contribution in [0.25, 0.3) is 0 Å². The number of nitrogens with zero attached hydrogens (tertiary/aromatic N) is 1. The lowest BCUT2D eigenvalue weighted by atomic mass is 10.2. The maximum absolute atomic E-state index is 11.8. The van der Waals surface area contributed by atoms with Crippen molar-refractivity contribution in [3.63, 3.8) is 0 Å². The minimum atomic E-state index is -0.0202. The first-order chi connectivity index (χ1) is 10.1. The molecule has 2 rings (SSSR count). The first kappa shape index (κ1) is 15.0. The van der Waals surface area contributed by atoms with Gasteiger partial charge >= 0.3 is 0 Å². The standard InChI is InChI=1S/C17H20N2O2/c1-13-5-9-16(10-6-13)21-11-3-4-17(20)19-15-8-7-14(2)18-12-15/h5-10,12H,3-4,11H2,1-2H3,(H,19,20). The Bertz CT molecular complexity index is 577. The first-order valence-electron chi connectivity index (χ1n) is 7.05. The van der Waals surface area contributed by atoms with E-state index < -0.39 is 0 Å². The Hall–Kier alpha value is -2.36. The van der Waals surface area contributed by atoms with Crippen LogP contribution in [0.1, 0.15) is 24.1 Å². The van der Waals surface area contributed by atoms with Crippen LogP contribution >= 0.6 is 0 Å². The van der Waals surface area contributed by atoms with Gasteiger partial charge in [-0.25, -0.2) is 0 Å². The Morgan fingerprint density at radius 1 is 1.14 bits per heavy atom. The zero-order valence-electron chi connectivity index (χ0n) is 12.4. The van der Waals surface area contributed by atoms with Crippen molar-refractivity contribution in [3.05, 3.63) is 53.9 Å². The average molecular weight is 284 g/mol. The molecule has 0 saturated carbocycles. The Morgan fingerprint density at radius 2 is 1.90 bits per heavy atom. The van der Waals surface area contributed by atoms with Crippen LogP contribution in [-0.4, -0.2) is 17.5 Å². The van der Waals surface area contributed by atoms with Gasteiger partial charge in [0.15, 0.2) is 0 Å². The van der Waals surface area contributed by atoms with Gasteiger partial charge in [0.2, 0.25) is 5.91 Å². The SMILES string of the molecule is Cc1ccc(OCCCC(=O)Nc2ccc(C)nc2)cc1. The van der Waals surface area contributed by atoms with E-state index in [9.17, 15) is 4.79 Å². The first-order valence-corrected chi connectivity index (χ1v) is 7.05. The van der Waals surface area contributed by atoms with E-state index in [1.807, 2.05) is 50.2 Å². The van der Waals surface area contributed by atoms with Gasteiger partial charge in [-0.15, -0.1) is 0 Å². The Kier molecular flexibility index (Phi) is 5.32. The summed E-state index contributed by atoms with van der Waals surface area (Å²) in [6.45, 7) is 4.48. The molecule has 1 heterocycles. The van der Waals surface area contributed by atoms with Gasteiger partial charge in [0, 0.05) is 12.1 Å². The summed E-state index contributed by atoms with van der Waals surface area (Å²) in [5, 5.41) is 2.82. The molecule has 0 fully saturated rings. The fourth-order valence-corrected chi connectivity index (χ4v) is 1.82. The van der Waals surface area contributed by atoms with Crippen molar-refractivity contribution < 1.29 is 9.53 Å². The summed E-state index contributed by atoms with van der Waals surface area (Å²) in [4.78, 5) is 15.9. The predicted octanol–water partition coefficient (Wildman–Crippen LogP) is 3.50. The van der Waals surface area contributed by atoms with Crippen molar-refractivity contribution >= 4 is 11.6 Å². The lowest BCUT2D eigenvalue weighted by Crippen LogP contribution is -2.13. The van der Waals surface area contributed by atoms with Crippen LogP contribution in [0.3, 0.4) is 0 Å². The number of aryl methyl sites for hydroxylation is 2. The summed E-state index contributed by atoms with van der Waals surface area (Å²) in [5.74, 6) is 0.817. The molecule has 2 aromatic rings. The van der Waals surface area contributed by atoms with Crippen LogP contribution in [-0.2, 0) is 4.79 Å². The molecule has 0 unspecified atom stereocenters. The number of rotatable bonds is 6. The van der Waals surface area contributed by atoms with Crippen LogP contribution < -0.4 is 10.1 Å². The highest BCUT2D eigenvalue weighted by Gasteiger charge is 2.03. The molecule has 4 nitrogen and oxygen atoms in total. The molecule has 0 spiro atoms. The van der Waals surface area contributed by atoms with Gasteiger partial charge in [0.25, 0.3) is 0 Å². The lowest BCUT2D eigenvalue weighted by Gasteiger charge is -2.07. The lowest BCUT2D eigenvalue weighted by molar-refractivity contribution is -0.116. The molecule has 110 valence electrons. The number of pyridine rings is 1. The van der Waals surface area contributed by atoms with Gasteiger partial charge in [-0.3, -0.25) is 9.78 Å². The number of amides is 1. The Balaban J connectivity index is 1.67. The van der Waals surface area contributed by atoms with Crippen LogP contribution in [0.4, 0.5) is 5.69 Å². The molecule has 21 heavy (non-hydrogen) atoms. The zero-order valence-corrected chi connectivity index (χ0v) is 12.4. The molecule has 0 saturated heterocycles. The van der Waals surface area contributed by atoms with E-state index in [1.54, 1.807) is 6.20 Å². The number of benzene rings is 1. The highest BCUT2D eigenvalue weighted by Crippen LogP contribution is 2.12. The monoisotopic (exact) mass is 284 g/mol. The summed E-state index contributed by atoms with van der Waals surface area (Å²) in [6, 6.07) is 11.6. The molecule has 4 heteroatoms. The smallest absolute Gasteiger partial charge is 0.224 e. The number of hydrogen-bond acceptors (Lipinski definition) is 3. The molecule has 1 amide bonds. The molecular weight excluding hydrogens is 264 g/mol. The van der Waals surface area contributed by atoms with Crippen LogP contribution in [0.15, 0.2) is 42.6 Å². The van der Waals surface area contributed by atoms with Crippen molar-refractivity contribution in [2.75, 3.05) is 11.9 Å². The molecule has 0 atom stereocenters. The van der Waals surface area contributed by atoms with E-state index in [1.165, 1.54) is 5.56 Å². The summed E-state index contributed by atoms with van der Waals surface area (Å²) in [5.41, 5.74) is 2.86. The second-order valence-electron chi connectivity index (χ2n) is 5.00. The van der Waals surface area contributed by atoms with Gasteiger partial charge in [-0.1, -0.05) is 17.7 Å². The van der Waals surface area contributed by atoms with E-state index in [0.29, 0.717) is 19.4 Å². The predicted molar refractivity (Wildman–Crippen MR) is 83.5 cm³/mol. The number of nitrogens with one attached hydrogen (secondary N) is 1. The van der Waals surface area contributed by atoms with E-state index in [-0.39, 0.29) is 5.91 Å². The molecule has 0 bridgehead atoms. The number of aromatic nitrogens is 1. The van der Waals surface area contributed by atoms with Crippen molar-refractivity contribution in [1.29, 1.82) is 0 Å². The highest BCUT2D eigenvalue weighted by atomic mass is 16.5. The van der Waals surface area contributed by atoms with Crippen molar-refractivity contribution in [1.82, 2.24) is 4.98 Å². The Morgan fingerprint density at radius 3 is 2.57 bits per heavy atom. The second kappa shape index (κ2) is 7.43. The second-order valence-corrected chi connectivity index (χ2v) is 5.00. The maximum Gasteiger partial charge on any atom is 0.224 e. The van der Waals surface area contributed by atoms with E-state index >= 15 is 0 Å².